The molecule has 0 aromatic heterocycles. The summed E-state index contributed by atoms with van der Waals surface area (Å²) in [4.78, 5) is 22.8. The highest BCUT2D eigenvalue weighted by Gasteiger charge is 2.09. The molecule has 16 heavy (non-hydrogen) atoms. The maximum Gasteiger partial charge on any atom is 0.331 e. The van der Waals surface area contributed by atoms with E-state index in [9.17, 15) is 9.59 Å². The minimum atomic E-state index is -0.925. The van der Waals surface area contributed by atoms with Crippen LogP contribution in [0.4, 0.5) is 0 Å². The fourth-order valence-corrected chi connectivity index (χ4v) is 1.24. The molecule has 0 aliphatic rings. The Balaban J connectivity index is 4.08. The van der Waals surface area contributed by atoms with Gasteiger partial charge in [-0.25, -0.2) is 4.79 Å². The van der Waals surface area contributed by atoms with Crippen LogP contribution in [0.2, 0.25) is 0 Å². The van der Waals surface area contributed by atoms with Crippen LogP contribution in [0, 0.1) is 0 Å². The van der Waals surface area contributed by atoms with E-state index in [2.05, 4.69) is 0 Å². The Morgan fingerprint density at radius 2 is 1.94 bits per heavy atom. The molecule has 0 bridgehead atoms. The molecule has 92 valence electrons. The largest absolute Gasteiger partial charge is 0.481 e. The highest BCUT2D eigenvalue weighted by atomic mass is 16.4. The second-order valence-electron chi connectivity index (χ2n) is 3.87. The van der Waals surface area contributed by atoms with Gasteiger partial charge in [0.2, 0.25) is 0 Å². The number of nitrogens with zero attached hydrogens (tertiary/aromatic N) is 1. The molecule has 0 aromatic rings. The first-order valence-electron chi connectivity index (χ1n) is 5.18. The van der Waals surface area contributed by atoms with Gasteiger partial charge in [-0.2, -0.15) is 0 Å². The monoisotopic (exact) mass is 229 g/mol. The van der Waals surface area contributed by atoms with Crippen molar-refractivity contribution in [1.29, 1.82) is 0 Å². The van der Waals surface area contributed by atoms with Gasteiger partial charge in [0.1, 0.15) is 0 Å². The summed E-state index contributed by atoms with van der Waals surface area (Å²) in [5.41, 5.74) is 0.303. The van der Waals surface area contributed by atoms with Crippen LogP contribution < -0.4 is 0 Å². The molecule has 1 unspecified atom stereocenters. The third kappa shape index (κ3) is 6.19. The molecule has 5 nitrogen and oxygen atoms in total. The number of rotatable bonds is 7. The maximum absolute atomic E-state index is 10.6. The molecule has 0 aromatic carbocycles. The smallest absolute Gasteiger partial charge is 0.331 e. The number of carboxylic acids is 2. The number of carbonyl (C=O) groups is 2. The molecular formula is C11H19NO4. The summed E-state index contributed by atoms with van der Waals surface area (Å²) in [6, 6.07) is -0.00936. The molecule has 0 amide bonds. The summed E-state index contributed by atoms with van der Waals surface area (Å²) in [6.07, 6.45) is 2.36. The first-order valence-corrected chi connectivity index (χ1v) is 5.18. The Morgan fingerprint density at radius 3 is 2.38 bits per heavy atom. The first-order chi connectivity index (χ1) is 7.34. The Labute approximate surface area is 95.4 Å². The van der Waals surface area contributed by atoms with Crippen LogP contribution in [0.25, 0.3) is 0 Å². The Hall–Kier alpha value is -1.36. The van der Waals surface area contributed by atoms with Crippen LogP contribution in [0.1, 0.15) is 26.7 Å². The van der Waals surface area contributed by atoms with Crippen LogP contribution in [0.5, 0.6) is 0 Å². The average Bonchev–Trinajstić information content (AvgIpc) is 2.16. The molecule has 0 aliphatic heterocycles. The quantitative estimate of drug-likeness (QED) is 0.641. The highest BCUT2D eigenvalue weighted by molar-refractivity contribution is 5.85. The molecule has 0 fully saturated rings. The second-order valence-corrected chi connectivity index (χ2v) is 3.87. The highest BCUT2D eigenvalue weighted by Crippen LogP contribution is 2.04. The minimum absolute atomic E-state index is 0.00936. The predicted molar refractivity (Wildman–Crippen MR) is 60.4 cm³/mol. The van der Waals surface area contributed by atoms with E-state index in [1.807, 2.05) is 18.9 Å². The lowest BCUT2D eigenvalue weighted by atomic mass is 10.2. The maximum atomic E-state index is 10.6. The standard InChI is InChI=1S/C11H19NO4/c1-8(11(15)16)7-9(2)12(3)6-4-5-10(13)14/h7,9H,4-6H2,1-3H3,(H,13,14)(H,15,16). The van der Waals surface area contributed by atoms with Gasteiger partial charge in [0.15, 0.2) is 0 Å². The molecule has 0 radical (unpaired) electrons. The number of likely N-dealkylation sites (N-methyl/N-ethyl adjacent to an activating group) is 1. The Kier molecular flexibility index (Phi) is 6.41. The van der Waals surface area contributed by atoms with Crippen molar-refractivity contribution in [3.63, 3.8) is 0 Å². The second kappa shape index (κ2) is 7.00. The summed E-state index contributed by atoms with van der Waals surface area (Å²) >= 11 is 0. The Morgan fingerprint density at radius 1 is 1.38 bits per heavy atom. The van der Waals surface area contributed by atoms with Gasteiger partial charge in [0, 0.05) is 18.0 Å². The lowest BCUT2D eigenvalue weighted by molar-refractivity contribution is -0.137. The predicted octanol–water partition coefficient (Wildman–Crippen LogP) is 1.20. The summed E-state index contributed by atoms with van der Waals surface area (Å²) in [7, 11) is 1.85. The lowest BCUT2D eigenvalue weighted by Crippen LogP contribution is -2.29. The zero-order chi connectivity index (χ0) is 12.7. The van der Waals surface area contributed by atoms with E-state index < -0.39 is 11.9 Å². The van der Waals surface area contributed by atoms with E-state index in [4.69, 9.17) is 10.2 Å². The van der Waals surface area contributed by atoms with Crippen molar-refractivity contribution in [3.8, 4) is 0 Å². The molecule has 2 N–H and O–H groups in total. The first kappa shape index (κ1) is 14.6. The van der Waals surface area contributed by atoms with Crippen molar-refractivity contribution in [2.75, 3.05) is 13.6 Å². The molecule has 0 saturated carbocycles. The van der Waals surface area contributed by atoms with E-state index in [0.717, 1.165) is 0 Å². The topological polar surface area (TPSA) is 77.8 Å². The fraction of sp³-hybridized carbons (Fsp3) is 0.636. The minimum Gasteiger partial charge on any atom is -0.481 e. The molecule has 0 saturated heterocycles. The van der Waals surface area contributed by atoms with Crippen molar-refractivity contribution >= 4 is 11.9 Å². The van der Waals surface area contributed by atoms with Crippen molar-refractivity contribution < 1.29 is 19.8 Å². The van der Waals surface area contributed by atoms with Gasteiger partial charge in [0.25, 0.3) is 0 Å². The summed E-state index contributed by atoms with van der Waals surface area (Å²) < 4.78 is 0. The van der Waals surface area contributed by atoms with Crippen LogP contribution >= 0.6 is 0 Å². The number of carboxylic acid groups (broad SMARTS) is 2. The number of hydrogen-bond acceptors (Lipinski definition) is 3. The fourth-order valence-electron chi connectivity index (χ4n) is 1.24. The van der Waals surface area contributed by atoms with Crippen molar-refractivity contribution in [3.05, 3.63) is 11.6 Å². The number of hydrogen-bond donors (Lipinski definition) is 2. The molecule has 0 spiro atoms. The van der Waals surface area contributed by atoms with Crippen LogP contribution in [-0.4, -0.2) is 46.7 Å². The van der Waals surface area contributed by atoms with Crippen LogP contribution in [0.15, 0.2) is 11.6 Å². The van der Waals surface area contributed by atoms with Crippen LogP contribution in [-0.2, 0) is 9.59 Å². The average molecular weight is 229 g/mol. The van der Waals surface area contributed by atoms with Crippen molar-refractivity contribution in [1.82, 2.24) is 4.90 Å². The van der Waals surface area contributed by atoms with Gasteiger partial charge in [-0.15, -0.1) is 0 Å². The number of aliphatic carboxylic acids is 2. The van der Waals surface area contributed by atoms with Gasteiger partial charge in [0.05, 0.1) is 0 Å². The zero-order valence-electron chi connectivity index (χ0n) is 9.93. The summed E-state index contributed by atoms with van der Waals surface area (Å²) in [6.45, 7) is 4.06. The SMILES string of the molecule is CC(=CC(C)N(C)CCCC(=O)O)C(=O)O. The summed E-state index contributed by atoms with van der Waals surface area (Å²) in [5.74, 6) is -1.73. The molecule has 5 heteroatoms. The van der Waals surface area contributed by atoms with Gasteiger partial charge >= 0.3 is 11.9 Å². The normalized spacial score (nSPS) is 13.9. The Bertz CT molecular complexity index is 286. The van der Waals surface area contributed by atoms with Crippen molar-refractivity contribution in [2.45, 2.75) is 32.7 Å². The van der Waals surface area contributed by atoms with Gasteiger partial charge in [-0.3, -0.25) is 4.79 Å². The van der Waals surface area contributed by atoms with Crippen molar-refractivity contribution in [2.24, 2.45) is 0 Å². The third-order valence-electron chi connectivity index (χ3n) is 2.43. The van der Waals surface area contributed by atoms with E-state index >= 15 is 0 Å². The van der Waals surface area contributed by atoms with E-state index in [0.29, 0.717) is 18.5 Å². The van der Waals surface area contributed by atoms with Crippen LogP contribution in [0.3, 0.4) is 0 Å². The van der Waals surface area contributed by atoms with E-state index in [1.165, 1.54) is 0 Å². The van der Waals surface area contributed by atoms with Gasteiger partial charge < -0.3 is 15.1 Å². The molecule has 0 heterocycles. The van der Waals surface area contributed by atoms with Gasteiger partial charge in [-0.1, -0.05) is 6.08 Å². The van der Waals surface area contributed by atoms with E-state index in [1.54, 1.807) is 13.0 Å². The summed E-state index contributed by atoms with van der Waals surface area (Å²) in [5, 5.41) is 17.2. The third-order valence-corrected chi connectivity index (χ3v) is 2.43. The lowest BCUT2D eigenvalue weighted by Gasteiger charge is -2.21. The van der Waals surface area contributed by atoms with Gasteiger partial charge in [-0.05, 0) is 33.9 Å². The zero-order valence-corrected chi connectivity index (χ0v) is 9.93. The molecular weight excluding hydrogens is 210 g/mol. The molecule has 0 rings (SSSR count). The molecule has 0 aliphatic carbocycles. The molecule has 1 atom stereocenters. The van der Waals surface area contributed by atoms with E-state index in [-0.39, 0.29) is 12.5 Å².